The van der Waals surface area contributed by atoms with Crippen LogP contribution >= 0.6 is 12.2 Å². The van der Waals surface area contributed by atoms with Crippen molar-refractivity contribution in [1.29, 1.82) is 0 Å². The van der Waals surface area contributed by atoms with E-state index in [0.717, 1.165) is 50.7 Å². The normalized spacial score (nSPS) is 15.5. The Morgan fingerprint density at radius 2 is 2.12 bits per heavy atom. The number of hydrogen-bond donors (Lipinski definition) is 2. The lowest BCUT2D eigenvalue weighted by atomic mass is 10.2. The van der Waals surface area contributed by atoms with Crippen LogP contribution in [0.5, 0.6) is 5.75 Å². The zero-order valence-electron chi connectivity index (χ0n) is 15.0. The van der Waals surface area contributed by atoms with Gasteiger partial charge in [-0.15, -0.1) is 0 Å². The largest absolute Gasteiger partial charge is 0.493 e. The van der Waals surface area contributed by atoms with E-state index in [-0.39, 0.29) is 0 Å². The predicted octanol–water partition coefficient (Wildman–Crippen LogP) is 1.85. The monoisotopic (exact) mass is 364 g/mol. The molecule has 0 unspecified atom stereocenters. The molecule has 1 aliphatic rings. The average molecular weight is 365 g/mol. The molecule has 0 amide bonds. The van der Waals surface area contributed by atoms with Crippen LogP contribution in [0.3, 0.4) is 0 Å². The summed E-state index contributed by atoms with van der Waals surface area (Å²) in [6.45, 7) is 10.2. The Morgan fingerprint density at radius 3 is 2.88 bits per heavy atom. The highest BCUT2D eigenvalue weighted by Gasteiger charge is 2.09. The van der Waals surface area contributed by atoms with Crippen LogP contribution in [0.4, 0.5) is 0 Å². The van der Waals surface area contributed by atoms with Crippen LogP contribution in [0.1, 0.15) is 19.4 Å². The van der Waals surface area contributed by atoms with Crippen molar-refractivity contribution in [2.24, 2.45) is 11.0 Å². The number of rotatable bonds is 8. The number of nitrogens with zero attached hydrogens (tertiary/aromatic N) is 2. The van der Waals surface area contributed by atoms with E-state index in [0.29, 0.717) is 17.6 Å². The van der Waals surface area contributed by atoms with Crippen LogP contribution in [0.2, 0.25) is 0 Å². The maximum Gasteiger partial charge on any atom is 0.187 e. The summed E-state index contributed by atoms with van der Waals surface area (Å²) in [7, 11) is 0. The molecule has 0 aromatic heterocycles. The number of nitrogens with one attached hydrogen (secondary N) is 2. The molecule has 6 nitrogen and oxygen atoms in total. The van der Waals surface area contributed by atoms with Gasteiger partial charge in [-0.2, -0.15) is 5.10 Å². The van der Waals surface area contributed by atoms with Crippen LogP contribution in [-0.2, 0) is 4.74 Å². The van der Waals surface area contributed by atoms with Crippen molar-refractivity contribution in [2.75, 3.05) is 46.0 Å². The molecule has 0 atom stereocenters. The molecule has 138 valence electrons. The Labute approximate surface area is 155 Å². The standard InChI is InChI=1S/C18H28N4O2S/c1-15(2)14-24-17-6-4-3-5-16(17)13-20-21-18(25)19-7-8-22-9-11-23-12-10-22/h3-6,13,15H,7-12,14H2,1-2H3,(H2,19,21,25)/b20-13+. The van der Waals surface area contributed by atoms with Gasteiger partial charge in [-0.25, -0.2) is 0 Å². The molecule has 1 aromatic carbocycles. The predicted molar refractivity (Wildman–Crippen MR) is 105 cm³/mol. The van der Waals surface area contributed by atoms with E-state index in [1.54, 1.807) is 6.21 Å². The first-order valence-electron chi connectivity index (χ1n) is 8.74. The zero-order chi connectivity index (χ0) is 17.9. The van der Waals surface area contributed by atoms with Crippen LogP contribution in [0.25, 0.3) is 0 Å². The van der Waals surface area contributed by atoms with Gasteiger partial charge in [0.15, 0.2) is 5.11 Å². The third kappa shape index (κ3) is 7.81. The number of ether oxygens (including phenoxy) is 2. The lowest BCUT2D eigenvalue weighted by Gasteiger charge is -2.26. The summed E-state index contributed by atoms with van der Waals surface area (Å²) in [5, 5.41) is 7.88. The molecule has 2 rings (SSSR count). The molecular weight excluding hydrogens is 336 g/mol. The number of benzene rings is 1. The summed E-state index contributed by atoms with van der Waals surface area (Å²) < 4.78 is 11.1. The highest BCUT2D eigenvalue weighted by Crippen LogP contribution is 2.16. The maximum absolute atomic E-state index is 5.80. The number of hydrazone groups is 1. The van der Waals surface area contributed by atoms with Gasteiger partial charge in [0.25, 0.3) is 0 Å². The molecule has 25 heavy (non-hydrogen) atoms. The topological polar surface area (TPSA) is 58.1 Å². The number of para-hydroxylation sites is 1. The first-order chi connectivity index (χ1) is 12.1. The second-order valence-electron chi connectivity index (χ2n) is 6.32. The Kier molecular flexibility index (Phi) is 8.65. The summed E-state index contributed by atoms with van der Waals surface area (Å²) >= 11 is 5.24. The van der Waals surface area contributed by atoms with Crippen LogP contribution < -0.4 is 15.5 Å². The molecular formula is C18H28N4O2S. The van der Waals surface area contributed by atoms with Crippen molar-refractivity contribution in [3.05, 3.63) is 29.8 Å². The van der Waals surface area contributed by atoms with E-state index in [4.69, 9.17) is 21.7 Å². The zero-order valence-corrected chi connectivity index (χ0v) is 15.8. The second kappa shape index (κ2) is 11.0. The van der Waals surface area contributed by atoms with Crippen molar-refractivity contribution in [3.8, 4) is 5.75 Å². The molecule has 1 heterocycles. The number of morpholine rings is 1. The molecule has 0 aliphatic carbocycles. The summed E-state index contributed by atoms with van der Waals surface area (Å²) in [5.74, 6) is 1.30. The van der Waals surface area contributed by atoms with E-state index in [1.807, 2.05) is 24.3 Å². The highest BCUT2D eigenvalue weighted by atomic mass is 32.1. The number of thiocarbonyl (C=S) groups is 1. The lowest BCUT2D eigenvalue weighted by molar-refractivity contribution is 0.0389. The fraction of sp³-hybridized carbons (Fsp3) is 0.556. The molecule has 2 N–H and O–H groups in total. The maximum atomic E-state index is 5.80. The van der Waals surface area contributed by atoms with Gasteiger partial charge in [0, 0.05) is 31.7 Å². The minimum Gasteiger partial charge on any atom is -0.493 e. The quantitative estimate of drug-likeness (QED) is 0.417. The fourth-order valence-corrected chi connectivity index (χ4v) is 2.48. The van der Waals surface area contributed by atoms with Crippen molar-refractivity contribution in [2.45, 2.75) is 13.8 Å². The lowest BCUT2D eigenvalue weighted by Crippen LogP contribution is -2.42. The van der Waals surface area contributed by atoms with Crippen molar-refractivity contribution in [3.63, 3.8) is 0 Å². The molecule has 0 spiro atoms. The first-order valence-corrected chi connectivity index (χ1v) is 9.15. The van der Waals surface area contributed by atoms with E-state index in [1.165, 1.54) is 0 Å². The van der Waals surface area contributed by atoms with Gasteiger partial charge in [0.05, 0.1) is 26.0 Å². The SMILES string of the molecule is CC(C)COc1ccccc1/C=N/NC(=S)NCCN1CCOCC1. The van der Waals surface area contributed by atoms with E-state index >= 15 is 0 Å². The van der Waals surface area contributed by atoms with Crippen molar-refractivity contribution >= 4 is 23.5 Å². The Hall–Kier alpha value is -1.70. The minimum absolute atomic E-state index is 0.478. The first kappa shape index (κ1) is 19.6. The Balaban J connectivity index is 1.71. The number of hydrogen-bond acceptors (Lipinski definition) is 5. The van der Waals surface area contributed by atoms with Gasteiger partial charge >= 0.3 is 0 Å². The van der Waals surface area contributed by atoms with Crippen molar-refractivity contribution < 1.29 is 9.47 Å². The van der Waals surface area contributed by atoms with Gasteiger partial charge in [0.1, 0.15) is 5.75 Å². The van der Waals surface area contributed by atoms with Gasteiger partial charge < -0.3 is 14.8 Å². The van der Waals surface area contributed by atoms with Crippen LogP contribution in [-0.4, -0.2) is 62.2 Å². The Bertz CT molecular complexity index is 560. The van der Waals surface area contributed by atoms with E-state index in [9.17, 15) is 0 Å². The molecule has 0 saturated carbocycles. The molecule has 1 fully saturated rings. The third-order valence-electron chi connectivity index (χ3n) is 3.68. The molecule has 7 heteroatoms. The summed E-state index contributed by atoms with van der Waals surface area (Å²) in [6, 6.07) is 7.83. The van der Waals surface area contributed by atoms with Gasteiger partial charge in [-0.05, 0) is 30.3 Å². The molecule has 0 bridgehead atoms. The Morgan fingerprint density at radius 1 is 1.36 bits per heavy atom. The molecule has 1 saturated heterocycles. The van der Waals surface area contributed by atoms with Crippen LogP contribution in [0.15, 0.2) is 29.4 Å². The third-order valence-corrected chi connectivity index (χ3v) is 3.91. The summed E-state index contributed by atoms with van der Waals surface area (Å²) in [4.78, 5) is 2.35. The van der Waals surface area contributed by atoms with Gasteiger partial charge in [-0.3, -0.25) is 10.3 Å². The molecule has 1 aromatic rings. The van der Waals surface area contributed by atoms with Crippen LogP contribution in [0, 0.1) is 5.92 Å². The minimum atomic E-state index is 0.478. The smallest absolute Gasteiger partial charge is 0.187 e. The van der Waals surface area contributed by atoms with Crippen molar-refractivity contribution in [1.82, 2.24) is 15.6 Å². The fourth-order valence-electron chi connectivity index (χ4n) is 2.33. The highest BCUT2D eigenvalue weighted by molar-refractivity contribution is 7.80. The van der Waals surface area contributed by atoms with E-state index < -0.39 is 0 Å². The van der Waals surface area contributed by atoms with Gasteiger partial charge in [-0.1, -0.05) is 26.0 Å². The second-order valence-corrected chi connectivity index (χ2v) is 6.73. The average Bonchev–Trinajstić information content (AvgIpc) is 2.62. The van der Waals surface area contributed by atoms with Gasteiger partial charge in [0.2, 0.25) is 0 Å². The summed E-state index contributed by atoms with van der Waals surface area (Å²) in [6.07, 6.45) is 1.73. The van der Waals surface area contributed by atoms with E-state index in [2.05, 4.69) is 34.6 Å². The molecule has 1 aliphatic heterocycles. The summed E-state index contributed by atoms with van der Waals surface area (Å²) in [5.41, 5.74) is 3.77. The molecule has 0 radical (unpaired) electrons.